The van der Waals surface area contributed by atoms with Crippen molar-refractivity contribution in [3.8, 4) is 11.1 Å². The summed E-state index contributed by atoms with van der Waals surface area (Å²) in [6, 6.07) is 12.1. The van der Waals surface area contributed by atoms with Gasteiger partial charge in [0, 0.05) is 29.3 Å². The molecule has 3 rings (SSSR count). The first-order chi connectivity index (χ1) is 11.9. The molecule has 0 bridgehead atoms. The van der Waals surface area contributed by atoms with E-state index in [9.17, 15) is 13.2 Å². The number of amides is 1. The van der Waals surface area contributed by atoms with E-state index in [1.807, 2.05) is 6.07 Å². The van der Waals surface area contributed by atoms with Gasteiger partial charge in [0.2, 0.25) is 5.91 Å². The summed E-state index contributed by atoms with van der Waals surface area (Å²) >= 11 is 3.42. The van der Waals surface area contributed by atoms with Crippen LogP contribution in [0.15, 0.2) is 51.8 Å². The number of halogens is 1. The topological polar surface area (TPSA) is 75.7 Å². The van der Waals surface area contributed by atoms with E-state index in [0.29, 0.717) is 24.4 Å². The molecule has 2 aromatic carbocycles. The molecule has 0 aliphatic carbocycles. The quantitative estimate of drug-likeness (QED) is 0.747. The summed E-state index contributed by atoms with van der Waals surface area (Å²) in [5.41, 5.74) is 1.89. The summed E-state index contributed by atoms with van der Waals surface area (Å²) in [4.78, 5) is 12.4. The van der Waals surface area contributed by atoms with E-state index in [1.54, 1.807) is 36.4 Å². The molecule has 1 aliphatic rings. The maximum Gasteiger partial charge on any atom is 0.265 e. The molecular formula is C17H17BrN2O4S. The van der Waals surface area contributed by atoms with E-state index in [2.05, 4.69) is 21.2 Å². The Morgan fingerprint density at radius 3 is 2.72 bits per heavy atom. The smallest absolute Gasteiger partial charge is 0.265 e. The van der Waals surface area contributed by atoms with Gasteiger partial charge < -0.3 is 10.1 Å². The number of ether oxygens (including phenoxy) is 1. The molecule has 6 nitrogen and oxygen atoms in total. The van der Waals surface area contributed by atoms with E-state index in [4.69, 9.17) is 4.74 Å². The standard InChI is InChI=1S/C17H17BrN2O4S/c1-24-9-8-19-17(21)11-20-15-7-6-12(18)10-14(15)13-4-2-3-5-16(13)25(20,22)23/h2-7,10H,8-9,11H2,1H3,(H,19,21). The minimum absolute atomic E-state index is 0.199. The highest BCUT2D eigenvalue weighted by molar-refractivity contribution is 9.10. The highest BCUT2D eigenvalue weighted by Gasteiger charge is 2.35. The number of carbonyl (C=O) groups is 1. The van der Waals surface area contributed by atoms with E-state index in [1.165, 1.54) is 7.11 Å². The maximum absolute atomic E-state index is 13.0. The second kappa shape index (κ2) is 7.15. The fourth-order valence-electron chi connectivity index (χ4n) is 2.75. The van der Waals surface area contributed by atoms with Gasteiger partial charge in [0.25, 0.3) is 10.0 Å². The second-order valence-corrected chi connectivity index (χ2v) is 8.26. The molecule has 25 heavy (non-hydrogen) atoms. The van der Waals surface area contributed by atoms with Gasteiger partial charge in [-0.3, -0.25) is 9.10 Å². The van der Waals surface area contributed by atoms with Crippen molar-refractivity contribution < 1.29 is 17.9 Å². The highest BCUT2D eigenvalue weighted by atomic mass is 79.9. The van der Waals surface area contributed by atoms with Crippen molar-refractivity contribution >= 4 is 37.5 Å². The van der Waals surface area contributed by atoms with Gasteiger partial charge in [-0.05, 0) is 24.3 Å². The molecule has 0 unspecified atom stereocenters. The van der Waals surface area contributed by atoms with E-state index < -0.39 is 10.0 Å². The van der Waals surface area contributed by atoms with Gasteiger partial charge in [-0.25, -0.2) is 8.42 Å². The van der Waals surface area contributed by atoms with Gasteiger partial charge in [0.05, 0.1) is 17.2 Å². The van der Waals surface area contributed by atoms with Crippen LogP contribution in [0.2, 0.25) is 0 Å². The van der Waals surface area contributed by atoms with Gasteiger partial charge in [0.15, 0.2) is 0 Å². The Hall–Kier alpha value is -1.90. The average Bonchev–Trinajstić information content (AvgIpc) is 2.59. The molecule has 0 fully saturated rings. The Morgan fingerprint density at radius 1 is 1.20 bits per heavy atom. The Labute approximate surface area is 155 Å². The minimum Gasteiger partial charge on any atom is -0.383 e. The van der Waals surface area contributed by atoms with Crippen LogP contribution in [0.5, 0.6) is 0 Å². The zero-order chi connectivity index (χ0) is 18.0. The number of rotatable bonds is 5. The molecule has 0 radical (unpaired) electrons. The number of hydrogen-bond donors (Lipinski definition) is 1. The fraction of sp³-hybridized carbons (Fsp3) is 0.235. The Kier molecular flexibility index (Phi) is 5.12. The third-order valence-electron chi connectivity index (χ3n) is 3.89. The molecule has 0 spiro atoms. The van der Waals surface area contributed by atoms with Crippen LogP contribution >= 0.6 is 15.9 Å². The van der Waals surface area contributed by atoms with Crippen molar-refractivity contribution in [2.24, 2.45) is 0 Å². The molecule has 0 saturated heterocycles. The summed E-state index contributed by atoms with van der Waals surface area (Å²) in [6.07, 6.45) is 0. The van der Waals surface area contributed by atoms with Crippen LogP contribution < -0.4 is 9.62 Å². The normalized spacial score (nSPS) is 14.6. The number of hydrogen-bond acceptors (Lipinski definition) is 4. The van der Waals surface area contributed by atoms with Crippen LogP contribution in [0.4, 0.5) is 5.69 Å². The van der Waals surface area contributed by atoms with Crippen LogP contribution in [-0.4, -0.2) is 41.1 Å². The molecule has 132 valence electrons. The number of sulfonamides is 1. The highest BCUT2D eigenvalue weighted by Crippen LogP contribution is 2.43. The Balaban J connectivity index is 2.03. The molecule has 8 heteroatoms. The number of nitrogens with zero attached hydrogens (tertiary/aromatic N) is 1. The first-order valence-corrected chi connectivity index (χ1v) is 9.86. The molecule has 1 aliphatic heterocycles. The molecular weight excluding hydrogens is 408 g/mol. The number of benzene rings is 2. The van der Waals surface area contributed by atoms with Gasteiger partial charge in [-0.15, -0.1) is 0 Å². The summed E-state index contributed by atoms with van der Waals surface area (Å²) < 4.78 is 32.9. The predicted molar refractivity (Wildman–Crippen MR) is 99.0 cm³/mol. The van der Waals surface area contributed by atoms with Gasteiger partial charge in [0.1, 0.15) is 6.54 Å². The Bertz CT molecular complexity index is 915. The zero-order valence-corrected chi connectivity index (χ0v) is 15.9. The first kappa shape index (κ1) is 17.9. The number of carbonyl (C=O) groups excluding carboxylic acids is 1. The number of fused-ring (bicyclic) bond motifs is 3. The summed E-state index contributed by atoms with van der Waals surface area (Å²) in [5, 5.41) is 2.66. The minimum atomic E-state index is -3.81. The van der Waals surface area contributed by atoms with Gasteiger partial charge in [-0.2, -0.15) is 0 Å². The lowest BCUT2D eigenvalue weighted by atomic mass is 10.0. The molecule has 0 atom stereocenters. The van der Waals surface area contributed by atoms with Crippen LogP contribution in [0.25, 0.3) is 11.1 Å². The fourth-order valence-corrected chi connectivity index (χ4v) is 4.76. The van der Waals surface area contributed by atoms with Crippen molar-refractivity contribution in [1.82, 2.24) is 5.32 Å². The van der Waals surface area contributed by atoms with Crippen LogP contribution in [0.3, 0.4) is 0 Å². The third-order valence-corrected chi connectivity index (χ3v) is 6.20. The van der Waals surface area contributed by atoms with Crippen molar-refractivity contribution in [2.45, 2.75) is 4.90 Å². The van der Waals surface area contributed by atoms with Crippen molar-refractivity contribution in [1.29, 1.82) is 0 Å². The third kappa shape index (κ3) is 3.42. The van der Waals surface area contributed by atoms with Crippen LogP contribution in [0.1, 0.15) is 0 Å². The molecule has 1 heterocycles. The SMILES string of the molecule is COCCNC(=O)CN1c2ccc(Br)cc2-c2ccccc2S1(=O)=O. The summed E-state index contributed by atoms with van der Waals surface area (Å²) in [6.45, 7) is 0.410. The number of nitrogens with one attached hydrogen (secondary N) is 1. The molecule has 2 aromatic rings. The monoisotopic (exact) mass is 424 g/mol. The molecule has 1 N–H and O–H groups in total. The summed E-state index contributed by atoms with van der Waals surface area (Å²) in [7, 11) is -2.27. The van der Waals surface area contributed by atoms with Crippen LogP contribution in [0, 0.1) is 0 Å². The molecule has 1 amide bonds. The van der Waals surface area contributed by atoms with Crippen molar-refractivity contribution in [2.75, 3.05) is 31.1 Å². The van der Waals surface area contributed by atoms with Gasteiger partial charge >= 0.3 is 0 Å². The maximum atomic E-state index is 13.0. The lowest BCUT2D eigenvalue weighted by Gasteiger charge is -2.31. The van der Waals surface area contributed by atoms with E-state index >= 15 is 0 Å². The number of methoxy groups -OCH3 is 1. The van der Waals surface area contributed by atoms with Crippen LogP contribution in [-0.2, 0) is 19.6 Å². The Morgan fingerprint density at radius 2 is 1.96 bits per heavy atom. The van der Waals surface area contributed by atoms with Crippen molar-refractivity contribution in [3.63, 3.8) is 0 Å². The number of anilines is 1. The second-order valence-electron chi connectivity index (χ2n) is 5.51. The molecule has 0 aromatic heterocycles. The van der Waals surface area contributed by atoms with Crippen molar-refractivity contribution in [3.05, 3.63) is 46.9 Å². The lowest BCUT2D eigenvalue weighted by molar-refractivity contribution is -0.119. The largest absolute Gasteiger partial charge is 0.383 e. The zero-order valence-electron chi connectivity index (χ0n) is 13.5. The van der Waals surface area contributed by atoms with E-state index in [0.717, 1.165) is 14.3 Å². The predicted octanol–water partition coefficient (Wildman–Crippen LogP) is 2.39. The summed E-state index contributed by atoms with van der Waals surface area (Å²) in [5.74, 6) is -0.381. The lowest BCUT2D eigenvalue weighted by Crippen LogP contribution is -2.43. The van der Waals surface area contributed by atoms with E-state index in [-0.39, 0.29) is 17.3 Å². The average molecular weight is 425 g/mol. The van der Waals surface area contributed by atoms with Gasteiger partial charge in [-0.1, -0.05) is 34.1 Å². The first-order valence-electron chi connectivity index (χ1n) is 7.62. The molecule has 0 saturated carbocycles.